The van der Waals surface area contributed by atoms with Gasteiger partial charge in [0.15, 0.2) is 0 Å². The molecule has 0 spiro atoms. The van der Waals surface area contributed by atoms with Gasteiger partial charge in [-0.3, -0.25) is 14.4 Å². The van der Waals surface area contributed by atoms with E-state index in [0.29, 0.717) is 5.75 Å². The van der Waals surface area contributed by atoms with Crippen molar-refractivity contribution < 1.29 is 24.3 Å². The Hall–Kier alpha value is -1.81. The van der Waals surface area contributed by atoms with E-state index in [4.69, 9.17) is 11.5 Å². The molecular weight excluding hydrogens is 348 g/mol. The molecule has 0 saturated heterocycles. The lowest BCUT2D eigenvalue weighted by Gasteiger charge is -2.23. The highest BCUT2D eigenvalue weighted by Crippen LogP contribution is 2.05. The third-order valence-electron chi connectivity index (χ3n) is 3.56. The van der Waals surface area contributed by atoms with Crippen LogP contribution in [0.1, 0.15) is 33.1 Å². The second kappa shape index (κ2) is 11.7. The first-order valence-electron chi connectivity index (χ1n) is 7.96. The molecule has 0 fully saturated rings. The molecule has 0 aliphatic rings. The van der Waals surface area contributed by atoms with Crippen molar-refractivity contribution in [2.24, 2.45) is 17.4 Å². The van der Waals surface area contributed by atoms with Gasteiger partial charge in [0.05, 0.1) is 6.04 Å². The van der Waals surface area contributed by atoms with Gasteiger partial charge < -0.3 is 27.2 Å². The number of thioether (sulfide) groups is 1. The molecule has 0 aromatic heterocycles. The SMILES string of the molecule is CSCCC(NC(=O)C(CCC(N)=O)NC(=O)C(N)C(C)C)C(=O)O. The summed E-state index contributed by atoms with van der Waals surface area (Å²) in [6, 6.07) is -2.98. The number of hydrogen-bond acceptors (Lipinski definition) is 6. The van der Waals surface area contributed by atoms with Crippen LogP contribution in [0.2, 0.25) is 0 Å². The number of rotatable bonds is 12. The molecule has 0 bridgehead atoms. The Bertz CT molecular complexity index is 487. The number of nitrogens with one attached hydrogen (secondary N) is 2. The monoisotopic (exact) mass is 376 g/mol. The van der Waals surface area contributed by atoms with Crippen molar-refractivity contribution >= 4 is 35.5 Å². The minimum atomic E-state index is -1.17. The van der Waals surface area contributed by atoms with Crippen LogP contribution in [0.25, 0.3) is 0 Å². The number of carbonyl (C=O) groups is 4. The van der Waals surface area contributed by atoms with Crippen LogP contribution in [0.3, 0.4) is 0 Å². The highest BCUT2D eigenvalue weighted by Gasteiger charge is 2.28. The Morgan fingerprint density at radius 2 is 1.60 bits per heavy atom. The molecule has 0 rings (SSSR count). The summed E-state index contributed by atoms with van der Waals surface area (Å²) >= 11 is 1.45. The van der Waals surface area contributed by atoms with Gasteiger partial charge in [0.1, 0.15) is 12.1 Å². The van der Waals surface area contributed by atoms with Crippen LogP contribution >= 0.6 is 11.8 Å². The predicted molar refractivity (Wildman–Crippen MR) is 95.7 cm³/mol. The van der Waals surface area contributed by atoms with Crippen LogP contribution in [-0.4, -0.2) is 58.9 Å². The molecule has 3 unspecified atom stereocenters. The van der Waals surface area contributed by atoms with Crippen molar-refractivity contribution in [3.63, 3.8) is 0 Å². The first-order chi connectivity index (χ1) is 11.6. The van der Waals surface area contributed by atoms with Crippen LogP contribution in [0, 0.1) is 5.92 Å². The fraction of sp³-hybridized carbons (Fsp3) is 0.733. The molecular formula is C15H28N4O5S. The van der Waals surface area contributed by atoms with Gasteiger partial charge in [-0.15, -0.1) is 0 Å². The number of carbonyl (C=O) groups excluding carboxylic acids is 3. The molecule has 9 nitrogen and oxygen atoms in total. The van der Waals surface area contributed by atoms with Gasteiger partial charge in [-0.05, 0) is 30.8 Å². The molecule has 25 heavy (non-hydrogen) atoms. The zero-order chi connectivity index (χ0) is 19.6. The van der Waals surface area contributed by atoms with Crippen molar-refractivity contribution in [2.45, 2.75) is 51.2 Å². The Balaban J connectivity index is 5.04. The molecule has 144 valence electrons. The fourth-order valence-corrected chi connectivity index (χ4v) is 2.36. The van der Waals surface area contributed by atoms with E-state index in [2.05, 4.69) is 10.6 Å². The predicted octanol–water partition coefficient (Wildman–Crippen LogP) is -0.957. The van der Waals surface area contributed by atoms with E-state index in [1.54, 1.807) is 13.8 Å². The minimum Gasteiger partial charge on any atom is -0.480 e. The zero-order valence-electron chi connectivity index (χ0n) is 14.8. The van der Waals surface area contributed by atoms with E-state index in [1.165, 1.54) is 11.8 Å². The average Bonchev–Trinajstić information content (AvgIpc) is 2.53. The molecule has 0 aliphatic heterocycles. The molecule has 0 aromatic carbocycles. The molecule has 0 aromatic rings. The lowest BCUT2D eigenvalue weighted by Crippen LogP contribution is -2.55. The first-order valence-corrected chi connectivity index (χ1v) is 9.35. The average molecular weight is 376 g/mol. The summed E-state index contributed by atoms with van der Waals surface area (Å²) in [4.78, 5) is 46.7. The van der Waals surface area contributed by atoms with Crippen LogP contribution in [0.4, 0.5) is 0 Å². The third-order valence-corrected chi connectivity index (χ3v) is 4.20. The van der Waals surface area contributed by atoms with Crippen molar-refractivity contribution in [3.05, 3.63) is 0 Å². The normalized spacial score (nSPS) is 14.4. The second-order valence-corrected chi connectivity index (χ2v) is 7.00. The quantitative estimate of drug-likeness (QED) is 0.293. The maximum absolute atomic E-state index is 12.4. The van der Waals surface area contributed by atoms with Gasteiger partial charge in [0.2, 0.25) is 17.7 Å². The Labute approximate surface area is 151 Å². The number of primary amides is 1. The summed E-state index contributed by atoms with van der Waals surface area (Å²) in [6.07, 6.45) is 1.90. The summed E-state index contributed by atoms with van der Waals surface area (Å²) in [5.74, 6) is -2.62. The Kier molecular flexibility index (Phi) is 10.8. The van der Waals surface area contributed by atoms with E-state index in [9.17, 15) is 24.3 Å². The third kappa shape index (κ3) is 9.30. The lowest BCUT2D eigenvalue weighted by atomic mass is 10.0. The Morgan fingerprint density at radius 1 is 1.04 bits per heavy atom. The summed E-state index contributed by atoms with van der Waals surface area (Å²) in [7, 11) is 0. The topological polar surface area (TPSA) is 165 Å². The highest BCUT2D eigenvalue weighted by atomic mass is 32.2. The largest absolute Gasteiger partial charge is 0.480 e. The van der Waals surface area contributed by atoms with Gasteiger partial charge >= 0.3 is 5.97 Å². The summed E-state index contributed by atoms with van der Waals surface area (Å²) in [6.45, 7) is 3.51. The number of amides is 3. The number of carboxylic acids is 1. The van der Waals surface area contributed by atoms with Gasteiger partial charge in [-0.1, -0.05) is 13.8 Å². The zero-order valence-corrected chi connectivity index (χ0v) is 15.6. The molecule has 0 saturated carbocycles. The molecule has 7 N–H and O–H groups in total. The van der Waals surface area contributed by atoms with E-state index in [1.807, 2.05) is 6.26 Å². The first kappa shape index (κ1) is 23.2. The van der Waals surface area contributed by atoms with Crippen molar-refractivity contribution in [2.75, 3.05) is 12.0 Å². The highest BCUT2D eigenvalue weighted by molar-refractivity contribution is 7.98. The maximum Gasteiger partial charge on any atom is 0.326 e. The number of carboxylic acid groups (broad SMARTS) is 1. The van der Waals surface area contributed by atoms with Gasteiger partial charge in [-0.25, -0.2) is 4.79 Å². The summed E-state index contributed by atoms with van der Waals surface area (Å²) in [5, 5.41) is 14.0. The van der Waals surface area contributed by atoms with Crippen molar-refractivity contribution in [3.8, 4) is 0 Å². The Morgan fingerprint density at radius 3 is 2.04 bits per heavy atom. The maximum atomic E-state index is 12.4. The van der Waals surface area contributed by atoms with Crippen molar-refractivity contribution in [1.29, 1.82) is 0 Å². The van der Waals surface area contributed by atoms with Crippen LogP contribution in [-0.2, 0) is 19.2 Å². The van der Waals surface area contributed by atoms with Gasteiger partial charge in [0.25, 0.3) is 0 Å². The van der Waals surface area contributed by atoms with Gasteiger partial charge in [-0.2, -0.15) is 11.8 Å². The fourth-order valence-electron chi connectivity index (χ4n) is 1.89. The second-order valence-electron chi connectivity index (χ2n) is 6.02. The number of aliphatic carboxylic acids is 1. The lowest BCUT2D eigenvalue weighted by molar-refractivity contribution is -0.142. The molecule has 3 amide bonds. The molecule has 0 heterocycles. The van der Waals surface area contributed by atoms with E-state index < -0.39 is 41.8 Å². The van der Waals surface area contributed by atoms with Crippen LogP contribution in [0.15, 0.2) is 0 Å². The summed E-state index contributed by atoms with van der Waals surface area (Å²) in [5.41, 5.74) is 10.8. The number of hydrogen-bond donors (Lipinski definition) is 5. The minimum absolute atomic E-state index is 0.0351. The number of nitrogens with two attached hydrogens (primary N) is 2. The van der Waals surface area contributed by atoms with Crippen LogP contribution < -0.4 is 22.1 Å². The van der Waals surface area contributed by atoms with E-state index in [0.717, 1.165) is 0 Å². The van der Waals surface area contributed by atoms with Crippen LogP contribution in [0.5, 0.6) is 0 Å². The molecule has 0 aliphatic carbocycles. The van der Waals surface area contributed by atoms with Crippen molar-refractivity contribution in [1.82, 2.24) is 10.6 Å². The molecule has 3 atom stereocenters. The van der Waals surface area contributed by atoms with E-state index in [-0.39, 0.29) is 25.2 Å². The molecule has 0 radical (unpaired) electrons. The smallest absolute Gasteiger partial charge is 0.326 e. The molecule has 10 heteroatoms. The summed E-state index contributed by atoms with van der Waals surface area (Å²) < 4.78 is 0. The van der Waals surface area contributed by atoms with Gasteiger partial charge in [0, 0.05) is 6.42 Å². The van der Waals surface area contributed by atoms with E-state index >= 15 is 0 Å². The standard InChI is InChI=1S/C15H28N4O5S/c1-8(2)12(17)14(22)18-9(4-5-11(16)20)13(21)19-10(15(23)24)6-7-25-3/h8-10,12H,4-7,17H2,1-3H3,(H2,16,20)(H,18,22)(H,19,21)(H,23,24).